The molecule has 0 aliphatic carbocycles. The van der Waals surface area contributed by atoms with Crippen LogP contribution in [0.15, 0.2) is 43.1 Å². The molecule has 0 bridgehead atoms. The van der Waals surface area contributed by atoms with E-state index in [0.29, 0.717) is 18.0 Å². The third kappa shape index (κ3) is 4.03. The van der Waals surface area contributed by atoms with Crippen molar-refractivity contribution in [1.82, 2.24) is 24.4 Å². The second kappa shape index (κ2) is 7.52. The van der Waals surface area contributed by atoms with Crippen molar-refractivity contribution in [3.05, 3.63) is 66.0 Å². The van der Waals surface area contributed by atoms with Gasteiger partial charge in [-0.3, -0.25) is 9.88 Å². The zero-order valence-electron chi connectivity index (χ0n) is 15.1. The van der Waals surface area contributed by atoms with Gasteiger partial charge in [0.25, 0.3) is 0 Å². The van der Waals surface area contributed by atoms with Crippen molar-refractivity contribution < 1.29 is 8.78 Å². The van der Waals surface area contributed by atoms with Gasteiger partial charge in [0, 0.05) is 31.8 Å². The van der Waals surface area contributed by atoms with Gasteiger partial charge in [-0.2, -0.15) is 0 Å². The number of rotatable bonds is 4. The number of benzene rings is 1. The second-order valence-electron chi connectivity index (χ2n) is 7.05. The van der Waals surface area contributed by atoms with Crippen molar-refractivity contribution in [2.24, 2.45) is 7.05 Å². The predicted molar refractivity (Wildman–Crippen MR) is 97.8 cm³/mol. The quantitative estimate of drug-likeness (QED) is 0.706. The van der Waals surface area contributed by atoms with Crippen LogP contribution in [0.3, 0.4) is 0 Å². The first-order valence-electron chi connectivity index (χ1n) is 9.04. The normalized spacial score (nSPS) is 16.0. The largest absolute Gasteiger partial charge is 0.332 e. The molecule has 0 unspecified atom stereocenters. The highest BCUT2D eigenvalue weighted by molar-refractivity contribution is 5.52. The third-order valence-corrected chi connectivity index (χ3v) is 5.07. The van der Waals surface area contributed by atoms with Crippen LogP contribution in [-0.2, 0) is 13.6 Å². The summed E-state index contributed by atoms with van der Waals surface area (Å²) in [6.45, 7) is 2.28. The van der Waals surface area contributed by atoms with Crippen molar-refractivity contribution >= 4 is 0 Å². The lowest BCUT2D eigenvalue weighted by atomic mass is 9.93. The molecule has 4 rings (SSSR count). The molecule has 5 nitrogen and oxygen atoms in total. The second-order valence-corrected chi connectivity index (χ2v) is 7.05. The molecular weight excluding hydrogens is 348 g/mol. The Morgan fingerprint density at radius 3 is 2.41 bits per heavy atom. The Labute approximate surface area is 156 Å². The van der Waals surface area contributed by atoms with E-state index < -0.39 is 11.6 Å². The molecule has 2 aromatic heterocycles. The molecule has 0 spiro atoms. The third-order valence-electron chi connectivity index (χ3n) is 5.07. The van der Waals surface area contributed by atoms with Gasteiger partial charge in [0.2, 0.25) is 0 Å². The van der Waals surface area contributed by atoms with Gasteiger partial charge in [0.05, 0.1) is 30.1 Å². The molecule has 0 radical (unpaired) electrons. The average molecular weight is 369 g/mol. The van der Waals surface area contributed by atoms with Crippen molar-refractivity contribution in [3.8, 4) is 11.4 Å². The molecule has 27 heavy (non-hydrogen) atoms. The van der Waals surface area contributed by atoms with Crippen LogP contribution in [0.5, 0.6) is 0 Å². The number of aromatic nitrogens is 4. The van der Waals surface area contributed by atoms with Crippen LogP contribution in [-0.4, -0.2) is 37.5 Å². The smallest absolute Gasteiger partial charge is 0.126 e. The molecule has 3 aromatic rings. The number of hydrogen-bond acceptors (Lipinski definition) is 4. The SMILES string of the molecule is Cn1cncc1-c1cncc(C2CCN(Cc3cc(F)cc(F)c3)CC2)n1. The topological polar surface area (TPSA) is 46.8 Å². The number of aryl methyl sites for hydroxylation is 1. The molecule has 3 heterocycles. The minimum Gasteiger partial charge on any atom is -0.332 e. The Kier molecular flexibility index (Phi) is 4.94. The van der Waals surface area contributed by atoms with Gasteiger partial charge in [-0.15, -0.1) is 0 Å². The van der Waals surface area contributed by atoms with Gasteiger partial charge in [0.1, 0.15) is 17.3 Å². The van der Waals surface area contributed by atoms with E-state index in [1.54, 1.807) is 18.7 Å². The van der Waals surface area contributed by atoms with Crippen LogP contribution in [0.1, 0.15) is 30.0 Å². The van der Waals surface area contributed by atoms with E-state index >= 15 is 0 Å². The van der Waals surface area contributed by atoms with Gasteiger partial charge < -0.3 is 4.57 Å². The first-order chi connectivity index (χ1) is 13.1. The van der Waals surface area contributed by atoms with E-state index in [2.05, 4.69) is 14.9 Å². The van der Waals surface area contributed by atoms with Gasteiger partial charge in [-0.25, -0.2) is 18.7 Å². The molecule has 1 saturated heterocycles. The van der Waals surface area contributed by atoms with Gasteiger partial charge in [0.15, 0.2) is 0 Å². The standard InChI is InChI=1S/C20H21F2N5/c1-26-13-24-11-20(26)19-10-23-9-18(25-19)15-2-4-27(5-3-15)12-14-6-16(21)8-17(22)7-14/h6-11,13,15H,2-5,12H2,1H3. The maximum absolute atomic E-state index is 13.4. The fraction of sp³-hybridized carbons (Fsp3) is 0.350. The number of hydrogen-bond donors (Lipinski definition) is 0. The van der Waals surface area contributed by atoms with Crippen LogP contribution in [0, 0.1) is 11.6 Å². The minimum atomic E-state index is -0.526. The number of nitrogens with zero attached hydrogens (tertiary/aromatic N) is 5. The monoisotopic (exact) mass is 369 g/mol. The molecule has 0 amide bonds. The summed E-state index contributed by atoms with van der Waals surface area (Å²) in [6, 6.07) is 3.71. The van der Waals surface area contributed by atoms with E-state index in [1.165, 1.54) is 12.1 Å². The summed E-state index contributed by atoms with van der Waals surface area (Å²) in [4.78, 5) is 15.5. The number of halogens is 2. The predicted octanol–water partition coefficient (Wildman–Crippen LogP) is 3.53. The van der Waals surface area contributed by atoms with Gasteiger partial charge in [-0.05, 0) is 43.6 Å². The lowest BCUT2D eigenvalue weighted by molar-refractivity contribution is 0.203. The molecule has 0 atom stereocenters. The Morgan fingerprint density at radius 1 is 1.00 bits per heavy atom. The van der Waals surface area contributed by atoms with E-state index in [9.17, 15) is 8.78 Å². The summed E-state index contributed by atoms with van der Waals surface area (Å²) in [6.07, 6.45) is 9.02. The number of piperidine rings is 1. The summed E-state index contributed by atoms with van der Waals surface area (Å²) in [5.74, 6) is -0.713. The molecule has 1 aliphatic heterocycles. The van der Waals surface area contributed by atoms with E-state index in [1.807, 2.05) is 17.8 Å². The van der Waals surface area contributed by atoms with Crippen LogP contribution in [0.25, 0.3) is 11.4 Å². The zero-order valence-corrected chi connectivity index (χ0v) is 15.1. The van der Waals surface area contributed by atoms with Crippen LogP contribution in [0.2, 0.25) is 0 Å². The Morgan fingerprint density at radius 2 is 1.74 bits per heavy atom. The minimum absolute atomic E-state index is 0.339. The molecule has 0 N–H and O–H groups in total. The van der Waals surface area contributed by atoms with Crippen molar-refractivity contribution in [1.29, 1.82) is 0 Å². The van der Waals surface area contributed by atoms with Gasteiger partial charge in [-0.1, -0.05) is 0 Å². The molecule has 1 aliphatic rings. The molecular formula is C20H21F2N5. The van der Waals surface area contributed by atoms with Crippen LogP contribution in [0.4, 0.5) is 8.78 Å². The maximum atomic E-state index is 13.4. The van der Waals surface area contributed by atoms with E-state index in [4.69, 9.17) is 4.98 Å². The van der Waals surface area contributed by atoms with Crippen molar-refractivity contribution in [3.63, 3.8) is 0 Å². The highest BCUT2D eigenvalue weighted by Gasteiger charge is 2.22. The zero-order chi connectivity index (χ0) is 18.8. The molecule has 7 heteroatoms. The maximum Gasteiger partial charge on any atom is 0.126 e. The first-order valence-corrected chi connectivity index (χ1v) is 9.04. The number of likely N-dealkylation sites (tertiary alicyclic amines) is 1. The molecule has 1 aromatic carbocycles. The fourth-order valence-corrected chi connectivity index (χ4v) is 3.65. The van der Waals surface area contributed by atoms with E-state index in [0.717, 1.165) is 49.1 Å². The molecule has 140 valence electrons. The summed E-state index contributed by atoms with van der Waals surface area (Å²) < 4.78 is 28.7. The fourth-order valence-electron chi connectivity index (χ4n) is 3.65. The van der Waals surface area contributed by atoms with Gasteiger partial charge >= 0.3 is 0 Å². The lowest BCUT2D eigenvalue weighted by Crippen LogP contribution is -2.32. The number of imidazole rings is 1. The Hall–Kier alpha value is -2.67. The summed E-state index contributed by atoms with van der Waals surface area (Å²) in [5, 5.41) is 0. The first kappa shape index (κ1) is 17.7. The summed E-state index contributed by atoms with van der Waals surface area (Å²) in [7, 11) is 1.93. The Bertz CT molecular complexity index is 911. The van der Waals surface area contributed by atoms with Crippen molar-refractivity contribution in [2.75, 3.05) is 13.1 Å². The van der Waals surface area contributed by atoms with Crippen LogP contribution >= 0.6 is 0 Å². The Balaban J connectivity index is 1.41. The highest BCUT2D eigenvalue weighted by Crippen LogP contribution is 2.28. The highest BCUT2D eigenvalue weighted by atomic mass is 19.1. The van der Waals surface area contributed by atoms with Crippen molar-refractivity contribution in [2.45, 2.75) is 25.3 Å². The summed E-state index contributed by atoms with van der Waals surface area (Å²) in [5.41, 5.74) is 3.43. The van der Waals surface area contributed by atoms with E-state index in [-0.39, 0.29) is 0 Å². The molecule has 0 saturated carbocycles. The lowest BCUT2D eigenvalue weighted by Gasteiger charge is -2.31. The molecule has 1 fully saturated rings. The average Bonchev–Trinajstić information content (AvgIpc) is 3.08. The summed E-state index contributed by atoms with van der Waals surface area (Å²) >= 11 is 0. The van der Waals surface area contributed by atoms with Crippen LogP contribution < -0.4 is 0 Å².